The van der Waals surface area contributed by atoms with Crippen molar-refractivity contribution in [2.75, 3.05) is 0 Å². The topological polar surface area (TPSA) is 91.3 Å². The summed E-state index contributed by atoms with van der Waals surface area (Å²) in [6.07, 6.45) is 4.04. The molecule has 0 bridgehead atoms. The molecule has 1 saturated carbocycles. The largest absolute Gasteiger partial charge is 0.481 e. The quantitative estimate of drug-likeness (QED) is 0.776. The summed E-state index contributed by atoms with van der Waals surface area (Å²) in [4.78, 5) is 27.2. The maximum Gasteiger partial charge on any atom is 0.315 e. The summed E-state index contributed by atoms with van der Waals surface area (Å²) in [6, 6.07) is -0.342. The van der Waals surface area contributed by atoms with E-state index in [1.54, 1.807) is 6.20 Å². The van der Waals surface area contributed by atoms with E-state index in [1.807, 2.05) is 19.2 Å². The van der Waals surface area contributed by atoms with E-state index >= 15 is 0 Å². The molecule has 1 heterocycles. The van der Waals surface area contributed by atoms with Crippen LogP contribution in [0.3, 0.4) is 0 Å². The molecule has 2 amide bonds. The smallest absolute Gasteiger partial charge is 0.315 e. The van der Waals surface area contributed by atoms with E-state index in [4.69, 9.17) is 5.11 Å². The highest BCUT2D eigenvalue weighted by atomic mass is 32.1. The maximum absolute atomic E-state index is 12.1. The number of nitrogens with one attached hydrogen (secondary N) is 2. The van der Waals surface area contributed by atoms with E-state index in [2.05, 4.69) is 15.6 Å². The number of thiazole rings is 1. The van der Waals surface area contributed by atoms with Crippen LogP contribution >= 0.6 is 11.3 Å². The zero-order valence-electron chi connectivity index (χ0n) is 11.6. The summed E-state index contributed by atoms with van der Waals surface area (Å²) in [5, 5.41) is 17.3. The van der Waals surface area contributed by atoms with Gasteiger partial charge in [-0.2, -0.15) is 0 Å². The van der Waals surface area contributed by atoms with Crippen molar-refractivity contribution in [3.63, 3.8) is 0 Å². The average molecular weight is 297 g/mol. The van der Waals surface area contributed by atoms with Gasteiger partial charge in [0.15, 0.2) is 0 Å². The fraction of sp³-hybridized carbons (Fsp3) is 0.615. The van der Waals surface area contributed by atoms with Crippen LogP contribution in [0.1, 0.15) is 44.5 Å². The van der Waals surface area contributed by atoms with Gasteiger partial charge < -0.3 is 15.7 Å². The summed E-state index contributed by atoms with van der Waals surface area (Å²) in [5.74, 6) is -0.885. The second-order valence-corrected chi connectivity index (χ2v) is 6.64. The Kier molecular flexibility index (Phi) is 3.99. The van der Waals surface area contributed by atoms with E-state index in [1.165, 1.54) is 11.3 Å². The molecule has 110 valence electrons. The minimum atomic E-state index is -0.885. The van der Waals surface area contributed by atoms with Gasteiger partial charge in [0.25, 0.3) is 0 Å². The van der Waals surface area contributed by atoms with Crippen molar-refractivity contribution in [2.45, 2.75) is 50.6 Å². The van der Waals surface area contributed by atoms with Crippen molar-refractivity contribution in [3.05, 3.63) is 16.6 Å². The molecular weight excluding hydrogens is 278 g/mol. The van der Waals surface area contributed by atoms with Gasteiger partial charge in [-0.05, 0) is 33.1 Å². The fourth-order valence-electron chi connectivity index (χ4n) is 2.38. The van der Waals surface area contributed by atoms with E-state index in [0.29, 0.717) is 12.8 Å². The third-order valence-corrected chi connectivity index (χ3v) is 4.67. The number of amides is 2. The Morgan fingerprint density at radius 2 is 2.20 bits per heavy atom. The number of carbonyl (C=O) groups is 2. The Hall–Kier alpha value is -1.63. The molecule has 0 unspecified atom stereocenters. The summed E-state index contributed by atoms with van der Waals surface area (Å²) in [7, 11) is 0. The Balaban J connectivity index is 1.97. The number of hydrogen-bond donors (Lipinski definition) is 3. The van der Waals surface area contributed by atoms with E-state index < -0.39 is 17.0 Å². The lowest BCUT2D eigenvalue weighted by atomic mass is 9.74. The third-order valence-electron chi connectivity index (χ3n) is 3.57. The first-order chi connectivity index (χ1) is 9.33. The van der Waals surface area contributed by atoms with Gasteiger partial charge in [0.05, 0.1) is 17.5 Å². The van der Waals surface area contributed by atoms with Crippen LogP contribution in [0.2, 0.25) is 0 Å². The molecule has 3 N–H and O–H groups in total. The molecule has 0 saturated heterocycles. The molecule has 0 aromatic carbocycles. The molecule has 1 aliphatic rings. The van der Waals surface area contributed by atoms with Gasteiger partial charge in [-0.15, -0.1) is 11.3 Å². The van der Waals surface area contributed by atoms with Gasteiger partial charge in [0.1, 0.15) is 5.01 Å². The van der Waals surface area contributed by atoms with Crippen molar-refractivity contribution >= 4 is 23.3 Å². The lowest BCUT2D eigenvalue weighted by Gasteiger charge is -2.42. The minimum Gasteiger partial charge on any atom is -0.481 e. The molecule has 7 heteroatoms. The van der Waals surface area contributed by atoms with Crippen LogP contribution in [0.25, 0.3) is 0 Å². The van der Waals surface area contributed by atoms with Crippen molar-refractivity contribution in [2.24, 2.45) is 0 Å². The van der Waals surface area contributed by atoms with Gasteiger partial charge in [0.2, 0.25) is 0 Å². The maximum atomic E-state index is 12.1. The number of aromatic nitrogens is 1. The summed E-state index contributed by atoms with van der Waals surface area (Å²) < 4.78 is 0. The van der Waals surface area contributed by atoms with Gasteiger partial charge in [-0.3, -0.25) is 4.79 Å². The van der Waals surface area contributed by atoms with E-state index in [9.17, 15) is 9.59 Å². The van der Waals surface area contributed by atoms with Crippen LogP contribution in [0, 0.1) is 0 Å². The molecule has 0 aliphatic heterocycles. The van der Waals surface area contributed by atoms with Crippen LogP contribution in [-0.4, -0.2) is 27.6 Å². The van der Waals surface area contributed by atoms with Crippen LogP contribution in [0.4, 0.5) is 4.79 Å². The number of aliphatic carboxylic acids is 1. The number of carboxylic acids is 1. The first-order valence-corrected chi connectivity index (χ1v) is 7.43. The minimum absolute atomic E-state index is 0.0297. The molecule has 1 aliphatic carbocycles. The number of carbonyl (C=O) groups excluding carboxylic acids is 1. The van der Waals surface area contributed by atoms with Crippen molar-refractivity contribution in [1.82, 2.24) is 15.6 Å². The standard InChI is InChI=1S/C13H19N3O3S/c1-12(2,10-14-6-7-20-10)15-11(19)16-13(4-3-5-13)8-9(17)18/h6-7H,3-5,8H2,1-2H3,(H,17,18)(H2,15,16,19). The summed E-state index contributed by atoms with van der Waals surface area (Å²) >= 11 is 1.47. The monoisotopic (exact) mass is 297 g/mol. The van der Waals surface area contributed by atoms with E-state index in [0.717, 1.165) is 11.4 Å². The first-order valence-electron chi connectivity index (χ1n) is 6.55. The van der Waals surface area contributed by atoms with Crippen LogP contribution < -0.4 is 10.6 Å². The number of rotatable bonds is 5. The average Bonchev–Trinajstić information content (AvgIpc) is 2.78. The predicted octanol–water partition coefficient (Wildman–Crippen LogP) is 2.07. The normalized spacial score (nSPS) is 17.1. The molecule has 6 nitrogen and oxygen atoms in total. The van der Waals surface area contributed by atoms with E-state index in [-0.39, 0.29) is 12.5 Å². The Labute approximate surface area is 121 Å². The van der Waals surface area contributed by atoms with Crippen molar-refractivity contribution in [1.29, 1.82) is 0 Å². The highest BCUT2D eigenvalue weighted by Crippen LogP contribution is 2.35. The number of urea groups is 1. The fourth-order valence-corrected chi connectivity index (χ4v) is 3.10. The second kappa shape index (κ2) is 5.40. The zero-order valence-corrected chi connectivity index (χ0v) is 12.4. The van der Waals surface area contributed by atoms with Gasteiger partial charge in [-0.1, -0.05) is 0 Å². The van der Waals surface area contributed by atoms with Crippen LogP contribution in [-0.2, 0) is 10.3 Å². The third kappa shape index (κ3) is 3.27. The molecule has 1 aromatic heterocycles. The van der Waals surface area contributed by atoms with Crippen molar-refractivity contribution in [3.8, 4) is 0 Å². The van der Waals surface area contributed by atoms with Crippen molar-refractivity contribution < 1.29 is 14.7 Å². The highest BCUT2D eigenvalue weighted by Gasteiger charge is 2.41. The molecular formula is C13H19N3O3S. The predicted molar refractivity (Wildman–Crippen MR) is 75.6 cm³/mol. The highest BCUT2D eigenvalue weighted by molar-refractivity contribution is 7.09. The Bertz CT molecular complexity index is 495. The molecule has 1 aromatic rings. The SMILES string of the molecule is CC(C)(NC(=O)NC1(CC(=O)O)CCC1)c1nccs1. The number of carboxylic acid groups (broad SMARTS) is 1. The molecule has 2 rings (SSSR count). The Morgan fingerprint density at radius 3 is 2.65 bits per heavy atom. The summed E-state index contributed by atoms with van der Waals surface area (Å²) in [5.41, 5.74) is -1.17. The lowest BCUT2D eigenvalue weighted by molar-refractivity contribution is -0.139. The summed E-state index contributed by atoms with van der Waals surface area (Å²) in [6.45, 7) is 3.74. The van der Waals surface area contributed by atoms with Gasteiger partial charge >= 0.3 is 12.0 Å². The number of hydrogen-bond acceptors (Lipinski definition) is 4. The molecule has 1 fully saturated rings. The molecule has 0 radical (unpaired) electrons. The van der Waals surface area contributed by atoms with Gasteiger partial charge in [-0.25, -0.2) is 9.78 Å². The number of nitrogens with zero attached hydrogens (tertiary/aromatic N) is 1. The van der Waals surface area contributed by atoms with Crippen LogP contribution in [0.5, 0.6) is 0 Å². The lowest BCUT2D eigenvalue weighted by Crippen LogP contribution is -2.59. The molecule has 0 spiro atoms. The Morgan fingerprint density at radius 1 is 1.50 bits per heavy atom. The van der Waals surface area contributed by atoms with Gasteiger partial charge in [0, 0.05) is 11.6 Å². The second-order valence-electron chi connectivity index (χ2n) is 5.75. The zero-order chi connectivity index (χ0) is 14.8. The molecule has 0 atom stereocenters. The first kappa shape index (κ1) is 14.8. The van der Waals surface area contributed by atoms with Crippen LogP contribution in [0.15, 0.2) is 11.6 Å². The molecule has 20 heavy (non-hydrogen) atoms.